The highest BCUT2D eigenvalue weighted by atomic mass is 16.5. The summed E-state index contributed by atoms with van der Waals surface area (Å²) in [6.07, 6.45) is 34.8. The lowest BCUT2D eigenvalue weighted by molar-refractivity contribution is -0.150. The van der Waals surface area contributed by atoms with Gasteiger partial charge in [-0.3, -0.25) is 19.2 Å². The van der Waals surface area contributed by atoms with Crippen molar-refractivity contribution < 1.29 is 19.1 Å². The third kappa shape index (κ3) is 28.1. The molecule has 338 valence electrons. The Kier molecular flexibility index (Phi) is 34.7. The summed E-state index contributed by atoms with van der Waals surface area (Å²) >= 11 is 0. The molecule has 0 atom stereocenters. The number of hydrogen-bond acceptors (Lipinski definition) is 9. The highest BCUT2D eigenvalue weighted by Gasteiger charge is 2.25. The van der Waals surface area contributed by atoms with Gasteiger partial charge in [-0.2, -0.15) is 0 Å². The van der Waals surface area contributed by atoms with Crippen LogP contribution in [0, 0.1) is 0 Å². The number of nitrogens with one attached hydrogen (secondary N) is 1. The number of likely N-dealkylation sites (N-methyl/N-ethyl adjacent to an activating group) is 1. The second kappa shape index (κ2) is 37.6. The zero-order valence-electron chi connectivity index (χ0n) is 38.6. The summed E-state index contributed by atoms with van der Waals surface area (Å²) in [6, 6.07) is 0. The van der Waals surface area contributed by atoms with E-state index >= 15 is 0 Å². The number of hydrogen-bond donors (Lipinski definition) is 1. The second-order valence-electron chi connectivity index (χ2n) is 17.3. The minimum absolute atomic E-state index is 0.0361. The molecule has 1 N–H and O–H groups in total. The number of nitrogens with zero attached hydrogens (tertiary/aromatic N) is 2. The Hall–Kier alpha value is -2.42. The van der Waals surface area contributed by atoms with Crippen LogP contribution in [0.1, 0.15) is 226 Å². The quantitative estimate of drug-likeness (QED) is 0.0392. The van der Waals surface area contributed by atoms with E-state index in [9.17, 15) is 19.2 Å². The van der Waals surface area contributed by atoms with Crippen molar-refractivity contribution >= 4 is 23.3 Å². The fraction of sp³-hybridized carbons (Fsp3) is 0.878. The first-order chi connectivity index (χ1) is 28.2. The highest BCUT2D eigenvalue weighted by molar-refractivity contribution is 5.75. The molecule has 0 radical (unpaired) electrons. The predicted molar refractivity (Wildman–Crippen MR) is 246 cm³/mol. The number of rotatable bonds is 43. The maximum atomic E-state index is 12.9. The van der Waals surface area contributed by atoms with Gasteiger partial charge in [-0.1, -0.05) is 156 Å². The summed E-state index contributed by atoms with van der Waals surface area (Å²) in [5.41, 5.74) is 0.235. The van der Waals surface area contributed by atoms with Crippen molar-refractivity contribution in [1.82, 2.24) is 4.90 Å². The van der Waals surface area contributed by atoms with E-state index in [1.165, 1.54) is 89.9 Å². The molecule has 0 aliphatic carbocycles. The van der Waals surface area contributed by atoms with Crippen LogP contribution < -0.4 is 21.1 Å². The zero-order valence-corrected chi connectivity index (χ0v) is 38.6. The number of carbonyl (C=O) groups is 2. The van der Waals surface area contributed by atoms with Gasteiger partial charge in [0.2, 0.25) is 0 Å². The van der Waals surface area contributed by atoms with E-state index < -0.39 is 5.43 Å². The van der Waals surface area contributed by atoms with Crippen LogP contribution in [0.2, 0.25) is 0 Å². The van der Waals surface area contributed by atoms with Gasteiger partial charge < -0.3 is 24.6 Å². The Morgan fingerprint density at radius 1 is 0.517 bits per heavy atom. The minimum atomic E-state index is -0.407. The van der Waals surface area contributed by atoms with Gasteiger partial charge in [0.05, 0.1) is 6.61 Å². The molecular formula is C49H91N3O6. The number of anilines is 2. The summed E-state index contributed by atoms with van der Waals surface area (Å²) < 4.78 is 11.5. The molecule has 0 heterocycles. The van der Waals surface area contributed by atoms with Crippen molar-refractivity contribution in [3.8, 4) is 0 Å². The number of esters is 2. The molecule has 9 nitrogen and oxygen atoms in total. The molecule has 1 aromatic carbocycles. The molecule has 0 unspecified atom stereocenters. The Labute approximate surface area is 356 Å². The van der Waals surface area contributed by atoms with Gasteiger partial charge in [-0.05, 0) is 71.9 Å². The van der Waals surface area contributed by atoms with Crippen molar-refractivity contribution in [2.45, 2.75) is 232 Å². The molecule has 58 heavy (non-hydrogen) atoms. The van der Waals surface area contributed by atoms with E-state index in [0.717, 1.165) is 122 Å². The lowest BCUT2D eigenvalue weighted by Crippen LogP contribution is -2.44. The summed E-state index contributed by atoms with van der Waals surface area (Å²) in [6.45, 7) is 10.1. The van der Waals surface area contributed by atoms with Gasteiger partial charge in [-0.15, -0.1) is 0 Å². The number of unbranched alkanes of at least 4 members (excludes halogenated alkanes) is 23. The average Bonchev–Trinajstić information content (AvgIpc) is 3.20. The molecule has 0 saturated carbocycles. The van der Waals surface area contributed by atoms with Crippen LogP contribution in [0.25, 0.3) is 0 Å². The maximum Gasteiger partial charge on any atom is 0.306 e. The molecular weight excluding hydrogens is 727 g/mol. The molecule has 0 amide bonds. The van der Waals surface area contributed by atoms with Crippen molar-refractivity contribution in [3.63, 3.8) is 0 Å². The standard InChI is InChI=1S/C49H91N3O6/c1-6-9-12-15-20-27-34-43(35-28-21-16-13-10-7-2)58-45(54)37-30-23-19-25-32-40-52(47-46(48(55)49(47)56)50-38-41-51(4)5)39-31-24-18-22-29-36-44(53)57-42-33-26-17-14-11-8-3/h43,50H,6-42H2,1-5H3. The van der Waals surface area contributed by atoms with Crippen LogP contribution in [0.15, 0.2) is 9.59 Å². The predicted octanol–water partition coefficient (Wildman–Crippen LogP) is 12.1. The first kappa shape index (κ1) is 53.6. The van der Waals surface area contributed by atoms with E-state index in [0.29, 0.717) is 37.4 Å². The number of carbonyl (C=O) groups excluding carboxylic acids is 2. The SMILES string of the molecule is CCCCCCCCOC(=O)CCCCCCCN(CCCCCCCC(=O)OC(CCCCCCCC)CCCCCCCC)c1c(NCCN(C)C)c(=O)c1=O. The van der Waals surface area contributed by atoms with Gasteiger partial charge in [0.15, 0.2) is 0 Å². The average molecular weight is 818 g/mol. The van der Waals surface area contributed by atoms with E-state index in [2.05, 4.69) is 35.9 Å². The lowest BCUT2D eigenvalue weighted by atomic mass is 10.0. The summed E-state index contributed by atoms with van der Waals surface area (Å²) in [4.78, 5) is 54.6. The van der Waals surface area contributed by atoms with Gasteiger partial charge >= 0.3 is 11.9 Å². The topological polar surface area (TPSA) is 105 Å². The molecule has 0 saturated heterocycles. The Morgan fingerprint density at radius 2 is 0.948 bits per heavy atom. The molecule has 0 spiro atoms. The highest BCUT2D eigenvalue weighted by Crippen LogP contribution is 2.23. The Morgan fingerprint density at radius 3 is 1.45 bits per heavy atom. The van der Waals surface area contributed by atoms with Crippen LogP contribution in [0.3, 0.4) is 0 Å². The largest absolute Gasteiger partial charge is 0.466 e. The molecule has 0 aliphatic rings. The van der Waals surface area contributed by atoms with Gasteiger partial charge in [0, 0.05) is 39.0 Å². The lowest BCUT2D eigenvalue weighted by Gasteiger charge is -2.28. The minimum Gasteiger partial charge on any atom is -0.466 e. The van der Waals surface area contributed by atoms with Crippen molar-refractivity contribution in [1.29, 1.82) is 0 Å². The van der Waals surface area contributed by atoms with Crippen LogP contribution in [-0.4, -0.2) is 69.8 Å². The Bertz CT molecular complexity index is 1180. The second-order valence-corrected chi connectivity index (χ2v) is 17.3. The van der Waals surface area contributed by atoms with Gasteiger partial charge in [0.1, 0.15) is 17.5 Å². The first-order valence-electron chi connectivity index (χ1n) is 24.6. The van der Waals surface area contributed by atoms with E-state index in [-0.39, 0.29) is 23.5 Å². The van der Waals surface area contributed by atoms with Crippen LogP contribution >= 0.6 is 0 Å². The van der Waals surface area contributed by atoms with Crippen LogP contribution in [0.4, 0.5) is 11.4 Å². The smallest absolute Gasteiger partial charge is 0.306 e. The maximum absolute atomic E-state index is 12.9. The fourth-order valence-corrected chi connectivity index (χ4v) is 7.74. The number of ether oxygens (including phenoxy) is 2. The third-order valence-electron chi connectivity index (χ3n) is 11.5. The fourth-order valence-electron chi connectivity index (χ4n) is 7.74. The van der Waals surface area contributed by atoms with Gasteiger partial charge in [-0.25, -0.2) is 0 Å². The van der Waals surface area contributed by atoms with Gasteiger partial charge in [0.25, 0.3) is 10.9 Å². The van der Waals surface area contributed by atoms with Crippen LogP contribution in [-0.2, 0) is 19.1 Å². The van der Waals surface area contributed by atoms with E-state index in [1.807, 2.05) is 14.1 Å². The van der Waals surface area contributed by atoms with E-state index in [4.69, 9.17) is 9.47 Å². The Balaban J connectivity index is 2.48. The molecule has 0 aliphatic heterocycles. The van der Waals surface area contributed by atoms with Crippen molar-refractivity contribution in [3.05, 3.63) is 20.4 Å². The molecule has 0 bridgehead atoms. The van der Waals surface area contributed by atoms with E-state index in [1.54, 1.807) is 0 Å². The molecule has 1 aromatic rings. The molecule has 9 heteroatoms. The summed E-state index contributed by atoms with van der Waals surface area (Å²) in [7, 11) is 3.98. The van der Waals surface area contributed by atoms with Crippen molar-refractivity contribution in [2.24, 2.45) is 0 Å². The third-order valence-corrected chi connectivity index (χ3v) is 11.5. The summed E-state index contributed by atoms with van der Waals surface area (Å²) in [5, 5.41) is 3.24. The monoisotopic (exact) mass is 818 g/mol. The molecule has 0 fully saturated rings. The zero-order chi connectivity index (χ0) is 42.5. The molecule has 0 aromatic heterocycles. The van der Waals surface area contributed by atoms with Crippen LogP contribution in [0.5, 0.6) is 0 Å². The summed E-state index contributed by atoms with van der Waals surface area (Å²) in [5.74, 6) is -0.119. The molecule has 1 rings (SSSR count). The normalized spacial score (nSPS) is 11.6. The first-order valence-corrected chi connectivity index (χ1v) is 24.6. The van der Waals surface area contributed by atoms with Crippen molar-refractivity contribution in [2.75, 3.05) is 57.1 Å².